The molecular weight excluding hydrogens is 448 g/mol. The summed E-state index contributed by atoms with van der Waals surface area (Å²) in [4.78, 5) is 42.2. The van der Waals surface area contributed by atoms with Crippen molar-refractivity contribution >= 4 is 23.3 Å². The highest BCUT2D eigenvalue weighted by Crippen LogP contribution is 2.34. The molecule has 0 fully saturated rings. The van der Waals surface area contributed by atoms with Gasteiger partial charge in [-0.2, -0.15) is 4.91 Å². The van der Waals surface area contributed by atoms with Gasteiger partial charge in [-0.15, -0.1) is 5.11 Å². The number of carbonyl (C=O) groups excluding carboxylic acids is 2. The number of fused-ring (bicyclic) bond motifs is 2. The van der Waals surface area contributed by atoms with Crippen molar-refractivity contribution in [2.24, 2.45) is 26.3 Å². The van der Waals surface area contributed by atoms with Crippen molar-refractivity contribution in [2.75, 3.05) is 19.6 Å². The molecule has 2 aliphatic heterocycles. The Morgan fingerprint density at radius 3 is 2.91 bits per heavy atom. The largest absolute Gasteiger partial charge is 0.457 e. The summed E-state index contributed by atoms with van der Waals surface area (Å²) in [6.45, 7) is 3.49. The second-order valence-corrected chi connectivity index (χ2v) is 8.63. The van der Waals surface area contributed by atoms with Gasteiger partial charge in [-0.3, -0.25) is 9.79 Å². The summed E-state index contributed by atoms with van der Waals surface area (Å²) in [6.07, 6.45) is 8.01. The molecule has 1 aromatic carbocycles. The SMILES string of the molecule is CCCN(CCCN=O)C(=O)C1=CC2=CC=C(c3ccc4c(c3)COC4=O)CC2N=C(N=NN)C1. The lowest BCUT2D eigenvalue weighted by Gasteiger charge is -2.23. The number of nitrogens with zero attached hydrogens (tertiary/aromatic N) is 5. The number of cyclic esters (lactones) is 1. The molecule has 4 rings (SSSR count). The van der Waals surface area contributed by atoms with Crippen LogP contribution >= 0.6 is 0 Å². The zero-order chi connectivity index (χ0) is 24.8. The zero-order valence-corrected chi connectivity index (χ0v) is 19.6. The van der Waals surface area contributed by atoms with Crippen LogP contribution in [0, 0.1) is 4.91 Å². The van der Waals surface area contributed by atoms with Gasteiger partial charge in [0, 0.05) is 30.6 Å². The van der Waals surface area contributed by atoms with Crippen LogP contribution in [0.25, 0.3) is 5.57 Å². The van der Waals surface area contributed by atoms with Crippen molar-refractivity contribution in [3.05, 3.63) is 69.2 Å². The van der Waals surface area contributed by atoms with Gasteiger partial charge in [0.15, 0.2) is 5.84 Å². The third kappa shape index (κ3) is 5.42. The summed E-state index contributed by atoms with van der Waals surface area (Å²) in [5.74, 6) is 5.31. The molecule has 1 amide bonds. The maximum atomic E-state index is 13.4. The number of nitroso groups, excluding NO2 is 1. The number of amidine groups is 1. The molecule has 0 aromatic heterocycles. The normalized spacial score (nSPS) is 19.0. The standard InChI is InChI=1S/C25H28N6O4/c1-2-9-31(10-3-8-27-34)24(32)19-12-18-5-4-17(13-22(18)28-23(14-19)29-30-26)16-6-7-21-20(11-16)15-35-25(21)33/h4-7,11-12,22H,2-3,8-10,13-15H2,1H3,(H2,26,28,29). The third-order valence-electron chi connectivity index (χ3n) is 6.23. The molecule has 182 valence electrons. The van der Waals surface area contributed by atoms with Crippen LogP contribution in [0.3, 0.4) is 0 Å². The minimum Gasteiger partial charge on any atom is -0.457 e. The molecule has 0 saturated carbocycles. The fourth-order valence-corrected chi connectivity index (χ4v) is 4.54. The Morgan fingerprint density at radius 1 is 1.29 bits per heavy atom. The van der Waals surface area contributed by atoms with E-state index in [1.807, 2.05) is 37.3 Å². The van der Waals surface area contributed by atoms with Crippen LogP contribution in [-0.2, 0) is 16.1 Å². The summed E-state index contributed by atoms with van der Waals surface area (Å²) < 4.78 is 5.12. The summed E-state index contributed by atoms with van der Waals surface area (Å²) in [5, 5.41) is 10.3. The maximum Gasteiger partial charge on any atom is 0.338 e. The minimum atomic E-state index is -0.293. The van der Waals surface area contributed by atoms with E-state index < -0.39 is 0 Å². The molecule has 2 N–H and O–H groups in total. The van der Waals surface area contributed by atoms with E-state index in [4.69, 9.17) is 15.6 Å². The average Bonchev–Trinajstić information content (AvgIpc) is 3.12. The van der Waals surface area contributed by atoms with Crippen molar-refractivity contribution in [1.29, 1.82) is 0 Å². The number of rotatable bonds is 8. The van der Waals surface area contributed by atoms with Crippen molar-refractivity contribution in [3.63, 3.8) is 0 Å². The van der Waals surface area contributed by atoms with Crippen molar-refractivity contribution in [2.45, 2.75) is 45.3 Å². The first kappa shape index (κ1) is 24.2. The smallest absolute Gasteiger partial charge is 0.338 e. The Morgan fingerprint density at radius 2 is 2.14 bits per heavy atom. The van der Waals surface area contributed by atoms with Gasteiger partial charge in [-0.05, 0) is 54.2 Å². The monoisotopic (exact) mass is 476 g/mol. The van der Waals surface area contributed by atoms with Crippen LogP contribution in [0.15, 0.2) is 68.1 Å². The van der Waals surface area contributed by atoms with E-state index in [0.29, 0.717) is 42.9 Å². The highest BCUT2D eigenvalue weighted by Gasteiger charge is 2.28. The lowest BCUT2D eigenvalue weighted by atomic mass is 9.88. The summed E-state index contributed by atoms with van der Waals surface area (Å²) >= 11 is 0. The number of hydrogen-bond donors (Lipinski definition) is 1. The fraction of sp³-hybridized carbons (Fsp3) is 0.400. The number of allylic oxidation sites excluding steroid dienone is 2. The number of aliphatic imine (C=N–C) groups is 1. The Bertz CT molecular complexity index is 1180. The molecule has 0 radical (unpaired) electrons. The summed E-state index contributed by atoms with van der Waals surface area (Å²) in [7, 11) is 0. The van der Waals surface area contributed by atoms with E-state index in [1.54, 1.807) is 11.0 Å². The second kappa shape index (κ2) is 11.0. The van der Waals surface area contributed by atoms with E-state index >= 15 is 0 Å². The molecule has 10 heteroatoms. The molecule has 1 atom stereocenters. The lowest BCUT2D eigenvalue weighted by molar-refractivity contribution is -0.127. The number of hydrogen-bond acceptors (Lipinski definition) is 8. The van der Waals surface area contributed by atoms with E-state index in [-0.39, 0.29) is 37.5 Å². The van der Waals surface area contributed by atoms with Gasteiger partial charge in [0.05, 0.1) is 18.2 Å². The number of ether oxygens (including phenoxy) is 1. The first-order valence-electron chi connectivity index (χ1n) is 11.7. The Hall–Kier alpha value is -3.95. The highest BCUT2D eigenvalue weighted by atomic mass is 16.5. The van der Waals surface area contributed by atoms with Crippen LogP contribution < -0.4 is 5.84 Å². The number of amides is 1. The maximum absolute atomic E-state index is 13.4. The van der Waals surface area contributed by atoms with Crippen LogP contribution in [0.2, 0.25) is 0 Å². The average molecular weight is 477 g/mol. The molecule has 1 aliphatic carbocycles. The zero-order valence-electron chi connectivity index (χ0n) is 19.6. The van der Waals surface area contributed by atoms with E-state index in [9.17, 15) is 14.5 Å². The topological polar surface area (TPSA) is 139 Å². The molecule has 0 saturated heterocycles. The minimum absolute atomic E-state index is 0.114. The molecule has 1 unspecified atom stereocenters. The van der Waals surface area contributed by atoms with Gasteiger partial charge < -0.3 is 15.5 Å². The van der Waals surface area contributed by atoms with Crippen molar-refractivity contribution < 1.29 is 14.3 Å². The predicted molar refractivity (Wildman–Crippen MR) is 131 cm³/mol. The molecule has 0 bridgehead atoms. The van der Waals surface area contributed by atoms with Gasteiger partial charge in [-0.1, -0.05) is 35.5 Å². The fourth-order valence-electron chi connectivity index (χ4n) is 4.54. The highest BCUT2D eigenvalue weighted by molar-refractivity contribution is 6.01. The predicted octanol–water partition coefficient (Wildman–Crippen LogP) is 3.89. The van der Waals surface area contributed by atoms with Crippen LogP contribution in [-0.4, -0.2) is 48.3 Å². The first-order chi connectivity index (χ1) is 17.0. The van der Waals surface area contributed by atoms with E-state index in [0.717, 1.165) is 28.7 Å². The van der Waals surface area contributed by atoms with Crippen LogP contribution in [0.4, 0.5) is 0 Å². The van der Waals surface area contributed by atoms with E-state index in [1.165, 1.54) is 0 Å². The van der Waals surface area contributed by atoms with Crippen LogP contribution in [0.1, 0.15) is 54.1 Å². The van der Waals surface area contributed by atoms with Gasteiger partial charge in [0.25, 0.3) is 0 Å². The second-order valence-electron chi connectivity index (χ2n) is 8.63. The number of carbonyl (C=O) groups is 2. The van der Waals surface area contributed by atoms with Crippen LogP contribution in [0.5, 0.6) is 0 Å². The molecule has 2 heterocycles. The third-order valence-corrected chi connectivity index (χ3v) is 6.23. The molecule has 10 nitrogen and oxygen atoms in total. The molecule has 0 spiro atoms. The van der Waals surface area contributed by atoms with Gasteiger partial charge in [0.1, 0.15) is 6.61 Å². The molecule has 1 aromatic rings. The summed E-state index contributed by atoms with van der Waals surface area (Å²) in [6, 6.07) is 5.45. The number of nitrogens with two attached hydrogens (primary N) is 1. The first-order valence-corrected chi connectivity index (χ1v) is 11.7. The number of esters is 1. The van der Waals surface area contributed by atoms with Gasteiger partial charge in [0.2, 0.25) is 5.91 Å². The molecule has 3 aliphatic rings. The summed E-state index contributed by atoms with van der Waals surface area (Å²) in [5.41, 5.74) is 5.00. The Kier molecular flexibility index (Phi) is 7.59. The Labute approximate surface area is 203 Å². The van der Waals surface area contributed by atoms with Gasteiger partial charge >= 0.3 is 5.97 Å². The molecular formula is C25H28N6O4. The lowest BCUT2D eigenvalue weighted by Crippen LogP contribution is -2.34. The van der Waals surface area contributed by atoms with Crippen molar-refractivity contribution in [1.82, 2.24) is 4.90 Å². The van der Waals surface area contributed by atoms with E-state index in [2.05, 4.69) is 15.5 Å². The Balaban J connectivity index is 1.64. The molecule has 35 heavy (non-hydrogen) atoms. The quantitative estimate of drug-likeness (QED) is 0.151. The van der Waals surface area contributed by atoms with Crippen molar-refractivity contribution in [3.8, 4) is 0 Å². The van der Waals surface area contributed by atoms with Gasteiger partial charge in [-0.25, -0.2) is 4.79 Å². The number of benzene rings is 1.